The molecule has 4 bridgehead atoms. The van der Waals surface area contributed by atoms with E-state index in [-0.39, 0.29) is 0 Å². The predicted octanol–water partition coefficient (Wildman–Crippen LogP) is 2.72. The van der Waals surface area contributed by atoms with Crippen molar-refractivity contribution in [3.63, 3.8) is 0 Å². The van der Waals surface area contributed by atoms with Gasteiger partial charge < -0.3 is 10.6 Å². The van der Waals surface area contributed by atoms with E-state index in [9.17, 15) is 0 Å². The zero-order valence-electron chi connectivity index (χ0n) is 13.5. The van der Waals surface area contributed by atoms with E-state index in [1.54, 1.807) is 0 Å². The number of aromatic nitrogens is 3. The first-order valence-corrected chi connectivity index (χ1v) is 9.32. The molecule has 0 aliphatic heterocycles. The van der Waals surface area contributed by atoms with Gasteiger partial charge in [-0.3, -0.25) is 0 Å². The fraction of sp³-hybridized carbons (Fsp3) is 0.812. The van der Waals surface area contributed by atoms with Crippen molar-refractivity contribution in [2.45, 2.75) is 49.0 Å². The lowest BCUT2D eigenvalue weighted by Gasteiger charge is -2.56. The van der Waals surface area contributed by atoms with Gasteiger partial charge in [-0.05, 0) is 56.3 Å². The van der Waals surface area contributed by atoms with Crippen LogP contribution in [0.5, 0.6) is 0 Å². The first-order chi connectivity index (χ1) is 10.5. The van der Waals surface area contributed by atoms with Crippen LogP contribution in [0.25, 0.3) is 0 Å². The Hall–Kier alpha value is -1.04. The smallest absolute Gasteiger partial charge is 0.229 e. The van der Waals surface area contributed by atoms with Gasteiger partial charge in [-0.1, -0.05) is 0 Å². The highest BCUT2D eigenvalue weighted by molar-refractivity contribution is 7.99. The van der Waals surface area contributed by atoms with E-state index >= 15 is 0 Å². The summed E-state index contributed by atoms with van der Waals surface area (Å²) >= 11 is 2.09. The average molecular weight is 319 g/mol. The van der Waals surface area contributed by atoms with Crippen LogP contribution < -0.4 is 10.6 Å². The fourth-order valence-electron chi connectivity index (χ4n) is 5.12. The Morgan fingerprint density at radius 3 is 2.18 bits per heavy atom. The van der Waals surface area contributed by atoms with E-state index in [0.717, 1.165) is 29.3 Å². The zero-order chi connectivity index (χ0) is 15.3. The Bertz CT molecular complexity index is 538. The molecule has 4 aliphatic carbocycles. The second kappa shape index (κ2) is 5.25. The summed E-state index contributed by atoms with van der Waals surface area (Å²) in [4.78, 5) is 15.0. The number of thioether (sulfide) groups is 1. The van der Waals surface area contributed by atoms with Gasteiger partial charge in [0, 0.05) is 18.8 Å². The number of anilines is 2. The van der Waals surface area contributed by atoms with Crippen LogP contribution in [0.4, 0.5) is 11.9 Å². The van der Waals surface area contributed by atoms with E-state index in [0.29, 0.717) is 16.6 Å². The summed E-state index contributed by atoms with van der Waals surface area (Å²) in [6.45, 7) is 0. The number of nitrogens with two attached hydrogens (primary N) is 1. The van der Waals surface area contributed by atoms with Crippen molar-refractivity contribution in [3.8, 4) is 0 Å². The molecule has 0 spiro atoms. The van der Waals surface area contributed by atoms with E-state index in [1.165, 1.54) is 38.5 Å². The lowest BCUT2D eigenvalue weighted by molar-refractivity contribution is 0.0383. The molecule has 0 saturated heterocycles. The highest BCUT2D eigenvalue weighted by atomic mass is 32.2. The second-order valence-electron chi connectivity index (χ2n) is 7.69. The van der Waals surface area contributed by atoms with E-state index < -0.39 is 0 Å². The summed E-state index contributed by atoms with van der Waals surface area (Å²) < 4.78 is 0.494. The Balaban J connectivity index is 1.49. The van der Waals surface area contributed by atoms with Crippen LogP contribution in [0, 0.1) is 17.8 Å². The van der Waals surface area contributed by atoms with Gasteiger partial charge in [-0.15, -0.1) is 11.8 Å². The molecule has 2 N–H and O–H groups in total. The molecule has 120 valence electrons. The quantitative estimate of drug-likeness (QED) is 0.920. The lowest BCUT2D eigenvalue weighted by atomic mass is 9.56. The summed E-state index contributed by atoms with van der Waals surface area (Å²) in [6.07, 6.45) is 8.69. The van der Waals surface area contributed by atoms with Crippen LogP contribution in [-0.4, -0.2) is 33.8 Å². The molecule has 0 atom stereocenters. The number of hydrogen-bond acceptors (Lipinski definition) is 6. The molecule has 1 aromatic heterocycles. The maximum Gasteiger partial charge on any atom is 0.229 e. The highest BCUT2D eigenvalue weighted by Crippen LogP contribution is 2.60. The van der Waals surface area contributed by atoms with Gasteiger partial charge in [-0.2, -0.15) is 15.0 Å². The van der Waals surface area contributed by atoms with Crippen molar-refractivity contribution < 1.29 is 0 Å². The third-order valence-corrected chi connectivity index (χ3v) is 7.09. The van der Waals surface area contributed by atoms with E-state index in [4.69, 9.17) is 5.73 Å². The molecular weight excluding hydrogens is 294 g/mol. The minimum Gasteiger partial charge on any atom is -0.368 e. The molecule has 1 heterocycles. The molecule has 5 nitrogen and oxygen atoms in total. The van der Waals surface area contributed by atoms with E-state index in [1.807, 2.05) is 19.0 Å². The third kappa shape index (κ3) is 2.66. The van der Waals surface area contributed by atoms with Gasteiger partial charge >= 0.3 is 0 Å². The minimum absolute atomic E-state index is 0.333. The standard InChI is InChI=1S/C16H25N5S/c1-21(2)15-19-13(18-14(17)20-15)9-22-16-6-10-3-11(7-16)5-12(4-10)8-16/h10-12H,3-9H2,1-2H3,(H2,17,18,19,20). The van der Waals surface area contributed by atoms with Crippen LogP contribution >= 0.6 is 11.8 Å². The van der Waals surface area contributed by atoms with Crippen molar-refractivity contribution in [1.82, 2.24) is 15.0 Å². The van der Waals surface area contributed by atoms with Crippen molar-refractivity contribution in [3.05, 3.63) is 5.82 Å². The SMILES string of the molecule is CN(C)c1nc(N)nc(CSC23CC4CC(CC(C4)C2)C3)n1. The highest BCUT2D eigenvalue weighted by Gasteiger charge is 2.51. The number of hydrogen-bond donors (Lipinski definition) is 1. The van der Waals surface area contributed by atoms with Gasteiger partial charge in [0.2, 0.25) is 11.9 Å². The number of nitrogens with zero attached hydrogens (tertiary/aromatic N) is 4. The summed E-state index contributed by atoms with van der Waals surface area (Å²) in [5.41, 5.74) is 5.84. The maximum atomic E-state index is 5.84. The lowest BCUT2D eigenvalue weighted by Crippen LogP contribution is -2.48. The molecule has 22 heavy (non-hydrogen) atoms. The number of rotatable bonds is 4. The van der Waals surface area contributed by atoms with Gasteiger partial charge in [-0.25, -0.2) is 0 Å². The average Bonchev–Trinajstić information content (AvgIpc) is 2.43. The molecule has 4 saturated carbocycles. The van der Waals surface area contributed by atoms with Crippen molar-refractivity contribution in [2.75, 3.05) is 24.7 Å². The number of nitrogen functional groups attached to an aromatic ring is 1. The summed E-state index contributed by atoms with van der Waals surface area (Å²) in [7, 11) is 3.87. The van der Waals surface area contributed by atoms with Crippen LogP contribution in [-0.2, 0) is 5.75 Å². The van der Waals surface area contributed by atoms with Crippen LogP contribution in [0.15, 0.2) is 0 Å². The van der Waals surface area contributed by atoms with E-state index in [2.05, 4.69) is 26.7 Å². The zero-order valence-corrected chi connectivity index (χ0v) is 14.3. The molecule has 4 fully saturated rings. The monoisotopic (exact) mass is 319 g/mol. The summed E-state index contributed by atoms with van der Waals surface area (Å²) in [5, 5.41) is 0. The predicted molar refractivity (Wildman–Crippen MR) is 90.8 cm³/mol. The Kier molecular flexibility index (Phi) is 3.47. The molecule has 4 aliphatic rings. The molecule has 1 aromatic rings. The summed E-state index contributed by atoms with van der Waals surface area (Å²) in [6, 6.07) is 0. The minimum atomic E-state index is 0.333. The van der Waals surface area contributed by atoms with Crippen molar-refractivity contribution >= 4 is 23.7 Å². The molecule has 6 heteroatoms. The first-order valence-electron chi connectivity index (χ1n) is 8.33. The summed E-state index contributed by atoms with van der Waals surface area (Å²) in [5.74, 6) is 5.64. The third-order valence-electron chi connectivity index (χ3n) is 5.58. The van der Waals surface area contributed by atoms with Crippen molar-refractivity contribution in [1.29, 1.82) is 0 Å². The molecule has 0 radical (unpaired) electrons. The Morgan fingerprint density at radius 2 is 1.64 bits per heavy atom. The topological polar surface area (TPSA) is 67.9 Å². The molecule has 0 aromatic carbocycles. The van der Waals surface area contributed by atoms with Gasteiger partial charge in [0.1, 0.15) is 5.82 Å². The molecule has 5 rings (SSSR count). The maximum absolute atomic E-state index is 5.84. The van der Waals surface area contributed by atoms with Crippen LogP contribution in [0.3, 0.4) is 0 Å². The Morgan fingerprint density at radius 1 is 1.05 bits per heavy atom. The molecular formula is C16H25N5S. The van der Waals surface area contributed by atoms with Crippen LogP contribution in [0.2, 0.25) is 0 Å². The Labute approximate surface area is 136 Å². The first kappa shape index (κ1) is 14.5. The normalized spacial score (nSPS) is 35.8. The van der Waals surface area contributed by atoms with Gasteiger partial charge in [0.15, 0.2) is 0 Å². The van der Waals surface area contributed by atoms with Crippen molar-refractivity contribution in [2.24, 2.45) is 17.8 Å². The molecule has 0 amide bonds. The largest absolute Gasteiger partial charge is 0.368 e. The second-order valence-corrected chi connectivity index (χ2v) is 9.14. The fourth-order valence-corrected chi connectivity index (χ4v) is 6.74. The van der Waals surface area contributed by atoms with Crippen LogP contribution in [0.1, 0.15) is 44.3 Å². The van der Waals surface area contributed by atoms with Gasteiger partial charge in [0.25, 0.3) is 0 Å². The molecule has 0 unspecified atom stereocenters. The van der Waals surface area contributed by atoms with Gasteiger partial charge in [0.05, 0.1) is 5.75 Å².